The van der Waals surface area contributed by atoms with Crippen molar-refractivity contribution < 1.29 is 4.79 Å². The summed E-state index contributed by atoms with van der Waals surface area (Å²) in [6, 6.07) is 1.64. The van der Waals surface area contributed by atoms with Gasteiger partial charge in [0.05, 0.1) is 0 Å². The smallest absolute Gasteiger partial charge is 0.267 e. The Morgan fingerprint density at radius 2 is 2.50 bits per heavy atom. The lowest BCUT2D eigenvalue weighted by molar-refractivity contribution is 0.0991. The summed E-state index contributed by atoms with van der Waals surface area (Å²) >= 11 is 2.02. The summed E-state index contributed by atoms with van der Waals surface area (Å²) in [5.74, 6) is -0.446. The van der Waals surface area contributed by atoms with E-state index in [-0.39, 0.29) is 0 Å². The average Bonchev–Trinajstić information content (AvgIpc) is 2.10. The van der Waals surface area contributed by atoms with Crippen molar-refractivity contribution in [1.82, 2.24) is 9.78 Å². The molecule has 54 valence electrons. The monoisotopic (exact) mass is 251 g/mol. The number of carbonyl (C=O) groups is 1. The summed E-state index contributed by atoms with van der Waals surface area (Å²) in [6.07, 6.45) is 0. The molecule has 0 radical (unpaired) electrons. The van der Waals surface area contributed by atoms with Crippen molar-refractivity contribution in [2.75, 3.05) is 0 Å². The predicted octanol–water partition coefficient (Wildman–Crippen LogP) is 0.124. The molecule has 0 spiro atoms. The van der Waals surface area contributed by atoms with E-state index in [9.17, 15) is 4.79 Å². The Morgan fingerprint density at radius 1 is 1.90 bits per heavy atom. The minimum Gasteiger partial charge on any atom is -0.364 e. The third kappa shape index (κ3) is 1.28. The van der Waals surface area contributed by atoms with Crippen LogP contribution in [-0.2, 0) is 7.05 Å². The van der Waals surface area contributed by atoms with Crippen LogP contribution >= 0.6 is 22.6 Å². The number of nitrogens with zero attached hydrogens (tertiary/aromatic N) is 2. The molecule has 10 heavy (non-hydrogen) atoms. The number of aryl methyl sites for hydroxylation is 1. The standard InChI is InChI=1S/C5H6IN3O/c1-9-3(5(7)10)2-4(6)8-9/h2H,1H3,(H2,7,10). The molecule has 0 aromatic carbocycles. The Bertz CT molecular complexity index is 268. The largest absolute Gasteiger partial charge is 0.364 e. The number of hydrogen-bond acceptors (Lipinski definition) is 2. The van der Waals surface area contributed by atoms with E-state index in [0.29, 0.717) is 5.69 Å². The van der Waals surface area contributed by atoms with E-state index >= 15 is 0 Å². The highest BCUT2D eigenvalue weighted by Gasteiger charge is 2.06. The quantitative estimate of drug-likeness (QED) is 0.721. The molecule has 0 saturated carbocycles. The van der Waals surface area contributed by atoms with Crippen LogP contribution in [0.3, 0.4) is 0 Å². The number of hydrogen-bond donors (Lipinski definition) is 1. The van der Waals surface area contributed by atoms with Gasteiger partial charge >= 0.3 is 0 Å². The summed E-state index contributed by atoms with van der Waals surface area (Å²) in [4.78, 5) is 10.6. The third-order valence-electron chi connectivity index (χ3n) is 1.10. The number of rotatable bonds is 1. The van der Waals surface area contributed by atoms with Crippen LogP contribution in [0, 0.1) is 3.70 Å². The van der Waals surface area contributed by atoms with E-state index in [1.54, 1.807) is 13.1 Å². The number of primary amides is 1. The Kier molecular flexibility index (Phi) is 1.93. The van der Waals surface area contributed by atoms with Crippen molar-refractivity contribution in [3.05, 3.63) is 15.5 Å². The fourth-order valence-electron chi connectivity index (χ4n) is 0.663. The van der Waals surface area contributed by atoms with Crippen molar-refractivity contribution in [1.29, 1.82) is 0 Å². The van der Waals surface area contributed by atoms with Crippen molar-refractivity contribution in [2.24, 2.45) is 12.8 Å². The first-order chi connectivity index (χ1) is 4.61. The van der Waals surface area contributed by atoms with Gasteiger partial charge in [-0.05, 0) is 22.6 Å². The highest BCUT2D eigenvalue weighted by molar-refractivity contribution is 14.1. The van der Waals surface area contributed by atoms with E-state index in [0.717, 1.165) is 3.70 Å². The van der Waals surface area contributed by atoms with Crippen LogP contribution in [-0.4, -0.2) is 15.7 Å². The molecular formula is C5H6IN3O. The van der Waals surface area contributed by atoms with Gasteiger partial charge in [0.15, 0.2) is 0 Å². The van der Waals surface area contributed by atoms with Crippen molar-refractivity contribution >= 4 is 28.5 Å². The highest BCUT2D eigenvalue weighted by atomic mass is 127. The average molecular weight is 251 g/mol. The molecule has 1 heterocycles. The van der Waals surface area contributed by atoms with Gasteiger partial charge in [0, 0.05) is 13.1 Å². The molecule has 1 aromatic heterocycles. The van der Waals surface area contributed by atoms with Gasteiger partial charge in [0.1, 0.15) is 9.39 Å². The second-order valence-corrected chi connectivity index (χ2v) is 2.95. The number of amides is 1. The topological polar surface area (TPSA) is 60.9 Å². The van der Waals surface area contributed by atoms with Gasteiger partial charge in [-0.2, -0.15) is 5.10 Å². The minimum absolute atomic E-state index is 0.435. The molecule has 1 rings (SSSR count). The summed E-state index contributed by atoms with van der Waals surface area (Å²) in [5.41, 5.74) is 5.46. The highest BCUT2D eigenvalue weighted by Crippen LogP contribution is 2.03. The van der Waals surface area contributed by atoms with Crippen LogP contribution in [0.1, 0.15) is 10.5 Å². The van der Waals surface area contributed by atoms with Gasteiger partial charge in [0.2, 0.25) is 0 Å². The van der Waals surface area contributed by atoms with Crippen LogP contribution in [0.2, 0.25) is 0 Å². The first-order valence-electron chi connectivity index (χ1n) is 2.60. The zero-order valence-corrected chi connectivity index (χ0v) is 7.49. The van der Waals surface area contributed by atoms with Crippen molar-refractivity contribution in [2.45, 2.75) is 0 Å². The Balaban J connectivity index is 3.15. The number of halogens is 1. The van der Waals surface area contributed by atoms with Gasteiger partial charge in [0.25, 0.3) is 5.91 Å². The fourth-order valence-corrected chi connectivity index (χ4v) is 1.28. The van der Waals surface area contributed by atoms with Crippen LogP contribution < -0.4 is 5.73 Å². The molecule has 0 aliphatic heterocycles. The summed E-state index contributed by atoms with van der Waals surface area (Å²) in [5, 5.41) is 3.93. The summed E-state index contributed by atoms with van der Waals surface area (Å²) < 4.78 is 2.23. The SMILES string of the molecule is Cn1nc(I)cc1C(N)=O. The molecule has 0 atom stereocenters. The maximum absolute atomic E-state index is 10.6. The van der Waals surface area contributed by atoms with Crippen LogP contribution in [0.25, 0.3) is 0 Å². The van der Waals surface area contributed by atoms with E-state index in [4.69, 9.17) is 5.73 Å². The maximum atomic E-state index is 10.6. The lowest BCUT2D eigenvalue weighted by atomic mass is 10.4. The molecule has 0 aliphatic rings. The van der Waals surface area contributed by atoms with Crippen molar-refractivity contribution in [3.8, 4) is 0 Å². The molecule has 5 heteroatoms. The lowest BCUT2D eigenvalue weighted by Gasteiger charge is -1.91. The second-order valence-electron chi connectivity index (χ2n) is 1.84. The van der Waals surface area contributed by atoms with E-state index in [1.807, 2.05) is 22.6 Å². The third-order valence-corrected chi connectivity index (χ3v) is 1.63. The number of nitrogens with two attached hydrogens (primary N) is 1. The summed E-state index contributed by atoms with van der Waals surface area (Å²) in [7, 11) is 1.68. The van der Waals surface area contributed by atoms with E-state index in [1.165, 1.54) is 4.68 Å². The lowest BCUT2D eigenvalue weighted by Crippen LogP contribution is -2.15. The maximum Gasteiger partial charge on any atom is 0.267 e. The number of carbonyl (C=O) groups excluding carboxylic acids is 1. The zero-order valence-electron chi connectivity index (χ0n) is 5.34. The Morgan fingerprint density at radius 3 is 2.70 bits per heavy atom. The van der Waals surface area contributed by atoms with Crippen LogP contribution in [0.5, 0.6) is 0 Å². The normalized spacial score (nSPS) is 9.80. The molecule has 0 unspecified atom stereocenters. The first-order valence-corrected chi connectivity index (χ1v) is 3.68. The van der Waals surface area contributed by atoms with Crippen LogP contribution in [0.15, 0.2) is 6.07 Å². The Labute approximate surface area is 71.5 Å². The fraction of sp³-hybridized carbons (Fsp3) is 0.200. The van der Waals surface area contributed by atoms with Gasteiger partial charge in [-0.15, -0.1) is 0 Å². The Hall–Kier alpha value is -0.590. The molecule has 0 fully saturated rings. The van der Waals surface area contributed by atoms with Crippen LogP contribution in [0.4, 0.5) is 0 Å². The van der Waals surface area contributed by atoms with Gasteiger partial charge in [-0.3, -0.25) is 9.48 Å². The van der Waals surface area contributed by atoms with Gasteiger partial charge in [-0.1, -0.05) is 0 Å². The van der Waals surface area contributed by atoms with E-state index < -0.39 is 5.91 Å². The van der Waals surface area contributed by atoms with Crippen molar-refractivity contribution in [3.63, 3.8) is 0 Å². The minimum atomic E-state index is -0.446. The van der Waals surface area contributed by atoms with Gasteiger partial charge in [-0.25, -0.2) is 0 Å². The van der Waals surface area contributed by atoms with E-state index in [2.05, 4.69) is 5.10 Å². The second kappa shape index (κ2) is 2.57. The predicted molar refractivity (Wildman–Crippen MR) is 44.4 cm³/mol. The molecular weight excluding hydrogens is 245 g/mol. The number of aromatic nitrogens is 2. The zero-order chi connectivity index (χ0) is 7.72. The molecule has 4 nitrogen and oxygen atoms in total. The van der Waals surface area contributed by atoms with Gasteiger partial charge < -0.3 is 5.73 Å². The molecule has 0 aliphatic carbocycles. The molecule has 2 N–H and O–H groups in total. The molecule has 0 saturated heterocycles. The first kappa shape index (κ1) is 7.52. The summed E-state index contributed by atoms with van der Waals surface area (Å²) in [6.45, 7) is 0. The molecule has 0 bridgehead atoms. The molecule has 1 amide bonds. The molecule has 1 aromatic rings.